The first-order valence-electron chi connectivity index (χ1n) is 5.92. The van der Waals surface area contributed by atoms with E-state index in [4.69, 9.17) is 6.42 Å². The first kappa shape index (κ1) is 12.9. The minimum atomic E-state index is -0.0982. The number of nitrogens with zero attached hydrogens (tertiary/aromatic N) is 4. The van der Waals surface area contributed by atoms with Crippen molar-refractivity contribution in [2.45, 2.75) is 36.9 Å². The second kappa shape index (κ2) is 6.40. The van der Waals surface area contributed by atoms with Crippen LogP contribution < -0.4 is 5.32 Å². The van der Waals surface area contributed by atoms with Crippen molar-refractivity contribution in [1.82, 2.24) is 25.5 Å². The lowest BCUT2D eigenvalue weighted by atomic mass is 10.3. The third-order valence-electron chi connectivity index (χ3n) is 2.85. The summed E-state index contributed by atoms with van der Waals surface area (Å²) in [5.41, 5.74) is 0. The van der Waals surface area contributed by atoms with Gasteiger partial charge in [-0.05, 0) is 23.3 Å². The van der Waals surface area contributed by atoms with Crippen LogP contribution in [0.3, 0.4) is 0 Å². The van der Waals surface area contributed by atoms with Gasteiger partial charge in [-0.1, -0.05) is 30.5 Å². The summed E-state index contributed by atoms with van der Waals surface area (Å²) in [5, 5.41) is 15.0. The summed E-state index contributed by atoms with van der Waals surface area (Å²) in [4.78, 5) is 11.4. The Morgan fingerprint density at radius 2 is 2.33 bits per heavy atom. The average Bonchev–Trinajstić information content (AvgIpc) is 3.03. The second-order valence-electron chi connectivity index (χ2n) is 4.11. The van der Waals surface area contributed by atoms with Gasteiger partial charge in [0.15, 0.2) is 0 Å². The summed E-state index contributed by atoms with van der Waals surface area (Å²) in [6.07, 6.45) is 9.73. The molecule has 18 heavy (non-hydrogen) atoms. The number of aromatic nitrogens is 4. The molecule has 0 aliphatic heterocycles. The number of nitrogens with one attached hydrogen (secondary N) is 1. The van der Waals surface area contributed by atoms with Gasteiger partial charge in [-0.15, -0.1) is 11.5 Å². The van der Waals surface area contributed by atoms with Crippen LogP contribution in [0.15, 0.2) is 5.16 Å². The predicted molar refractivity (Wildman–Crippen MR) is 67.9 cm³/mol. The summed E-state index contributed by atoms with van der Waals surface area (Å²) >= 11 is 1.35. The van der Waals surface area contributed by atoms with E-state index in [-0.39, 0.29) is 18.2 Å². The monoisotopic (exact) mass is 265 g/mol. The topological polar surface area (TPSA) is 72.7 Å². The highest BCUT2D eigenvalue weighted by Crippen LogP contribution is 2.31. The van der Waals surface area contributed by atoms with Crippen LogP contribution in [-0.2, 0) is 4.79 Å². The Labute approximate surface area is 110 Å². The Morgan fingerprint density at radius 3 is 3.06 bits per heavy atom. The molecule has 0 bridgehead atoms. The molecule has 1 amide bonds. The van der Waals surface area contributed by atoms with Gasteiger partial charge < -0.3 is 5.32 Å². The van der Waals surface area contributed by atoms with E-state index in [0.717, 1.165) is 12.8 Å². The van der Waals surface area contributed by atoms with Crippen LogP contribution in [0.4, 0.5) is 0 Å². The first-order chi connectivity index (χ1) is 8.81. The number of carbonyl (C=O) groups excluding carboxylic acids is 1. The van der Waals surface area contributed by atoms with Crippen LogP contribution in [-0.4, -0.2) is 38.4 Å². The molecule has 0 atom stereocenters. The number of hydrogen-bond acceptors (Lipinski definition) is 5. The Kier molecular flexibility index (Phi) is 4.59. The number of carbonyl (C=O) groups is 1. The number of rotatable bonds is 5. The van der Waals surface area contributed by atoms with Crippen molar-refractivity contribution in [2.24, 2.45) is 0 Å². The van der Waals surface area contributed by atoms with Gasteiger partial charge >= 0.3 is 0 Å². The molecule has 1 N–H and O–H groups in total. The van der Waals surface area contributed by atoms with Crippen LogP contribution in [0.5, 0.6) is 0 Å². The van der Waals surface area contributed by atoms with Crippen molar-refractivity contribution in [1.29, 1.82) is 0 Å². The molecule has 6 nitrogen and oxygen atoms in total. The van der Waals surface area contributed by atoms with E-state index in [1.54, 1.807) is 0 Å². The third kappa shape index (κ3) is 3.23. The van der Waals surface area contributed by atoms with Crippen molar-refractivity contribution in [2.75, 3.05) is 12.3 Å². The molecule has 1 aromatic rings. The van der Waals surface area contributed by atoms with E-state index in [2.05, 4.69) is 26.8 Å². The molecule has 0 aromatic carbocycles. The van der Waals surface area contributed by atoms with Crippen molar-refractivity contribution in [3.63, 3.8) is 0 Å². The minimum Gasteiger partial charge on any atom is -0.344 e. The van der Waals surface area contributed by atoms with Gasteiger partial charge in [0.1, 0.15) is 0 Å². The summed E-state index contributed by atoms with van der Waals surface area (Å²) in [5.74, 6) is 2.55. The fraction of sp³-hybridized carbons (Fsp3) is 0.636. The molecule has 0 radical (unpaired) electrons. The lowest BCUT2D eigenvalue weighted by Gasteiger charge is -2.10. The van der Waals surface area contributed by atoms with Gasteiger partial charge in [-0.3, -0.25) is 4.79 Å². The first-order valence-corrected chi connectivity index (χ1v) is 6.90. The highest BCUT2D eigenvalue weighted by molar-refractivity contribution is 7.99. The quantitative estimate of drug-likeness (QED) is 0.624. The molecule has 0 saturated heterocycles. The molecule has 96 valence electrons. The summed E-state index contributed by atoms with van der Waals surface area (Å²) in [7, 11) is 0. The summed E-state index contributed by atoms with van der Waals surface area (Å²) in [6.45, 7) is 0.257. The molecule has 1 aliphatic rings. The van der Waals surface area contributed by atoms with Gasteiger partial charge in [-0.25, -0.2) is 4.68 Å². The van der Waals surface area contributed by atoms with E-state index in [9.17, 15) is 4.79 Å². The van der Waals surface area contributed by atoms with E-state index in [1.807, 2.05) is 4.68 Å². The largest absolute Gasteiger partial charge is 0.344 e. The Morgan fingerprint density at radius 1 is 1.56 bits per heavy atom. The van der Waals surface area contributed by atoms with E-state index < -0.39 is 0 Å². The smallest absolute Gasteiger partial charge is 0.231 e. The minimum absolute atomic E-state index is 0.0982. The maximum atomic E-state index is 11.4. The SMILES string of the molecule is C#CCNC(=O)CSc1nnnn1C1CCCC1. The molecule has 1 heterocycles. The van der Waals surface area contributed by atoms with Gasteiger partial charge in [0, 0.05) is 0 Å². The maximum Gasteiger partial charge on any atom is 0.231 e. The van der Waals surface area contributed by atoms with Crippen molar-refractivity contribution < 1.29 is 4.79 Å². The lowest BCUT2D eigenvalue weighted by molar-refractivity contribution is -0.118. The molecule has 1 aliphatic carbocycles. The van der Waals surface area contributed by atoms with Gasteiger partial charge in [-0.2, -0.15) is 0 Å². The van der Waals surface area contributed by atoms with E-state index >= 15 is 0 Å². The Hall–Kier alpha value is -1.55. The second-order valence-corrected chi connectivity index (χ2v) is 5.06. The molecule has 0 spiro atoms. The average molecular weight is 265 g/mol. The molecule has 2 rings (SSSR count). The highest BCUT2D eigenvalue weighted by atomic mass is 32.2. The normalized spacial score (nSPS) is 15.5. The Balaban J connectivity index is 1.88. The number of thioether (sulfide) groups is 1. The fourth-order valence-electron chi connectivity index (χ4n) is 1.99. The standard InChI is InChI=1S/C11H15N5OS/c1-2-7-12-10(17)8-18-11-13-14-15-16(11)9-5-3-4-6-9/h1,9H,3-8H2,(H,12,17). The molecule has 0 unspecified atom stereocenters. The lowest BCUT2D eigenvalue weighted by Crippen LogP contribution is -2.25. The summed E-state index contributed by atoms with van der Waals surface area (Å²) < 4.78 is 1.84. The zero-order chi connectivity index (χ0) is 12.8. The fourth-order valence-corrected chi connectivity index (χ4v) is 2.76. The predicted octanol–water partition coefficient (Wildman–Crippen LogP) is 0.630. The van der Waals surface area contributed by atoms with Crippen LogP contribution in [0.25, 0.3) is 0 Å². The van der Waals surface area contributed by atoms with Crippen LogP contribution in [0.1, 0.15) is 31.7 Å². The van der Waals surface area contributed by atoms with Crippen LogP contribution in [0, 0.1) is 12.3 Å². The number of terminal acetylenes is 1. The van der Waals surface area contributed by atoms with Crippen LogP contribution >= 0.6 is 11.8 Å². The van der Waals surface area contributed by atoms with Gasteiger partial charge in [0.25, 0.3) is 0 Å². The summed E-state index contributed by atoms with van der Waals surface area (Å²) in [6, 6.07) is 0.385. The van der Waals surface area contributed by atoms with E-state index in [0.29, 0.717) is 11.2 Å². The number of hydrogen-bond donors (Lipinski definition) is 1. The zero-order valence-electron chi connectivity index (χ0n) is 10.0. The molecule has 1 fully saturated rings. The molecular formula is C11H15N5OS. The Bertz CT molecular complexity index is 447. The third-order valence-corrected chi connectivity index (χ3v) is 3.79. The van der Waals surface area contributed by atoms with E-state index in [1.165, 1.54) is 24.6 Å². The molecule has 1 saturated carbocycles. The van der Waals surface area contributed by atoms with Crippen molar-refractivity contribution in [3.05, 3.63) is 0 Å². The van der Waals surface area contributed by atoms with Crippen LogP contribution in [0.2, 0.25) is 0 Å². The van der Waals surface area contributed by atoms with Gasteiger partial charge in [0.05, 0.1) is 18.3 Å². The molecule has 1 aromatic heterocycles. The highest BCUT2D eigenvalue weighted by Gasteiger charge is 2.21. The van der Waals surface area contributed by atoms with Crippen molar-refractivity contribution in [3.8, 4) is 12.3 Å². The molecule has 7 heteroatoms. The maximum absolute atomic E-state index is 11.4. The van der Waals surface area contributed by atoms with Gasteiger partial charge in [0.2, 0.25) is 11.1 Å². The zero-order valence-corrected chi connectivity index (χ0v) is 10.8. The number of amides is 1. The number of tetrazole rings is 1. The van der Waals surface area contributed by atoms with Crippen molar-refractivity contribution >= 4 is 17.7 Å². The molecular weight excluding hydrogens is 250 g/mol.